The van der Waals surface area contributed by atoms with E-state index >= 15 is 0 Å². The van der Waals surface area contributed by atoms with E-state index in [1.807, 2.05) is 24.3 Å². The standard InChI is InChI=1S/C15H11BrClFO/c16-12-6-5-10(14(18)13(12)17)15(19)11-7-8-3-1-2-4-9(8)11/h1-6,11,15,19H,7H2. The quantitative estimate of drug-likeness (QED) is 0.791. The molecule has 0 fully saturated rings. The zero-order valence-corrected chi connectivity index (χ0v) is 12.2. The highest BCUT2D eigenvalue weighted by atomic mass is 79.9. The number of benzene rings is 2. The molecule has 2 unspecified atom stereocenters. The molecule has 2 aromatic rings. The molecule has 1 nitrogen and oxygen atoms in total. The minimum atomic E-state index is -0.861. The van der Waals surface area contributed by atoms with Gasteiger partial charge in [-0.05, 0) is 39.5 Å². The molecule has 0 saturated carbocycles. The van der Waals surface area contributed by atoms with Gasteiger partial charge in [0, 0.05) is 16.0 Å². The summed E-state index contributed by atoms with van der Waals surface area (Å²) in [4.78, 5) is 0. The van der Waals surface area contributed by atoms with Crippen LogP contribution in [0, 0.1) is 5.82 Å². The third kappa shape index (κ3) is 2.10. The lowest BCUT2D eigenvalue weighted by Crippen LogP contribution is -2.24. The molecule has 3 rings (SSSR count). The molecule has 4 heteroatoms. The van der Waals surface area contributed by atoms with E-state index in [1.165, 1.54) is 5.56 Å². The Hall–Kier alpha value is -0.900. The highest BCUT2D eigenvalue weighted by Gasteiger charge is 2.34. The number of hydrogen-bond donors (Lipinski definition) is 1. The Labute approximate surface area is 124 Å². The van der Waals surface area contributed by atoms with Crippen molar-refractivity contribution >= 4 is 27.5 Å². The smallest absolute Gasteiger partial charge is 0.148 e. The van der Waals surface area contributed by atoms with Gasteiger partial charge in [0.1, 0.15) is 5.82 Å². The fourth-order valence-electron chi connectivity index (χ4n) is 2.57. The normalized spacial score (nSPS) is 18.6. The van der Waals surface area contributed by atoms with Gasteiger partial charge < -0.3 is 5.11 Å². The van der Waals surface area contributed by atoms with Crippen molar-refractivity contribution in [3.05, 3.63) is 68.4 Å². The first-order chi connectivity index (χ1) is 9.09. The summed E-state index contributed by atoms with van der Waals surface area (Å²) in [5.74, 6) is -0.601. The van der Waals surface area contributed by atoms with Gasteiger partial charge in [-0.3, -0.25) is 0 Å². The van der Waals surface area contributed by atoms with Crippen LogP contribution < -0.4 is 0 Å². The van der Waals surface area contributed by atoms with Crippen molar-refractivity contribution in [2.24, 2.45) is 0 Å². The lowest BCUT2D eigenvalue weighted by atomic mass is 9.73. The minimum absolute atomic E-state index is 0.0177. The summed E-state index contributed by atoms with van der Waals surface area (Å²) in [7, 11) is 0. The number of aliphatic hydroxyl groups is 1. The van der Waals surface area contributed by atoms with Crippen LogP contribution in [0.25, 0.3) is 0 Å². The van der Waals surface area contributed by atoms with E-state index in [0.717, 1.165) is 12.0 Å². The molecular formula is C15H11BrClFO. The van der Waals surface area contributed by atoms with Crippen LogP contribution in [-0.2, 0) is 6.42 Å². The average molecular weight is 342 g/mol. The maximum Gasteiger partial charge on any atom is 0.148 e. The Kier molecular flexibility index (Phi) is 3.37. The molecule has 0 bridgehead atoms. The summed E-state index contributed by atoms with van der Waals surface area (Å²) in [6.07, 6.45) is -0.0923. The molecule has 0 heterocycles. The molecule has 19 heavy (non-hydrogen) atoms. The Balaban J connectivity index is 1.95. The van der Waals surface area contributed by atoms with E-state index in [-0.39, 0.29) is 16.5 Å². The monoisotopic (exact) mass is 340 g/mol. The number of rotatable bonds is 2. The molecule has 1 aliphatic rings. The van der Waals surface area contributed by atoms with Gasteiger partial charge in [-0.2, -0.15) is 0 Å². The molecule has 0 amide bonds. The van der Waals surface area contributed by atoms with E-state index in [2.05, 4.69) is 15.9 Å². The minimum Gasteiger partial charge on any atom is -0.388 e. The Morgan fingerprint density at radius 1 is 1.26 bits per heavy atom. The van der Waals surface area contributed by atoms with Crippen molar-refractivity contribution < 1.29 is 9.50 Å². The van der Waals surface area contributed by atoms with Crippen LogP contribution in [0.3, 0.4) is 0 Å². The van der Waals surface area contributed by atoms with Crippen molar-refractivity contribution in [1.29, 1.82) is 0 Å². The number of halogens is 3. The summed E-state index contributed by atoms with van der Waals surface area (Å²) in [5.41, 5.74) is 2.57. The van der Waals surface area contributed by atoms with Gasteiger partial charge in [-0.1, -0.05) is 41.9 Å². The van der Waals surface area contributed by atoms with E-state index in [4.69, 9.17) is 11.6 Å². The van der Waals surface area contributed by atoms with Crippen molar-refractivity contribution in [3.8, 4) is 0 Å². The van der Waals surface area contributed by atoms with Crippen molar-refractivity contribution in [2.45, 2.75) is 18.4 Å². The topological polar surface area (TPSA) is 20.2 Å². The first-order valence-electron chi connectivity index (χ1n) is 5.99. The third-order valence-electron chi connectivity index (χ3n) is 3.66. The highest BCUT2D eigenvalue weighted by molar-refractivity contribution is 9.10. The molecule has 0 spiro atoms. The molecular weight excluding hydrogens is 331 g/mol. The molecule has 0 aliphatic heterocycles. The van der Waals surface area contributed by atoms with Crippen LogP contribution >= 0.6 is 27.5 Å². The number of hydrogen-bond acceptors (Lipinski definition) is 1. The lowest BCUT2D eigenvalue weighted by Gasteiger charge is -2.34. The number of aliphatic hydroxyl groups excluding tert-OH is 1. The molecule has 1 N–H and O–H groups in total. The summed E-state index contributed by atoms with van der Waals surface area (Å²) in [6.45, 7) is 0. The van der Waals surface area contributed by atoms with Crippen molar-refractivity contribution in [1.82, 2.24) is 0 Å². The van der Waals surface area contributed by atoms with Gasteiger partial charge in [0.15, 0.2) is 0 Å². The van der Waals surface area contributed by atoms with Crippen LogP contribution in [0.15, 0.2) is 40.9 Å². The second-order valence-electron chi connectivity index (χ2n) is 4.72. The van der Waals surface area contributed by atoms with Crippen molar-refractivity contribution in [3.63, 3.8) is 0 Å². The van der Waals surface area contributed by atoms with E-state index in [9.17, 15) is 9.50 Å². The molecule has 0 saturated heterocycles. The summed E-state index contributed by atoms with van der Waals surface area (Å²) in [5, 5.41) is 10.4. The van der Waals surface area contributed by atoms with E-state index in [0.29, 0.717) is 4.47 Å². The van der Waals surface area contributed by atoms with Gasteiger partial charge in [0.2, 0.25) is 0 Å². The summed E-state index contributed by atoms with van der Waals surface area (Å²) in [6, 6.07) is 11.2. The van der Waals surface area contributed by atoms with Crippen LogP contribution in [0.4, 0.5) is 4.39 Å². The van der Waals surface area contributed by atoms with Crippen LogP contribution in [0.1, 0.15) is 28.7 Å². The molecule has 2 aromatic carbocycles. The van der Waals surface area contributed by atoms with Crippen LogP contribution in [-0.4, -0.2) is 5.11 Å². The molecule has 0 aromatic heterocycles. The first kappa shape index (κ1) is 13.1. The molecule has 98 valence electrons. The maximum atomic E-state index is 14.1. The molecule has 2 atom stereocenters. The van der Waals surface area contributed by atoms with Crippen LogP contribution in [0.2, 0.25) is 5.02 Å². The second kappa shape index (κ2) is 4.89. The largest absolute Gasteiger partial charge is 0.388 e. The van der Waals surface area contributed by atoms with Gasteiger partial charge in [-0.15, -0.1) is 0 Å². The average Bonchev–Trinajstić information content (AvgIpc) is 2.37. The first-order valence-corrected chi connectivity index (χ1v) is 7.16. The van der Waals surface area contributed by atoms with Gasteiger partial charge in [0.25, 0.3) is 0 Å². The number of fused-ring (bicyclic) bond motifs is 1. The SMILES string of the molecule is OC(c1ccc(Br)c(Cl)c1F)C1Cc2ccccc21. The fraction of sp³-hybridized carbons (Fsp3) is 0.200. The van der Waals surface area contributed by atoms with E-state index < -0.39 is 11.9 Å². The zero-order chi connectivity index (χ0) is 13.6. The zero-order valence-electron chi connectivity index (χ0n) is 9.91. The van der Waals surface area contributed by atoms with E-state index in [1.54, 1.807) is 12.1 Å². The second-order valence-corrected chi connectivity index (χ2v) is 5.95. The van der Waals surface area contributed by atoms with Gasteiger partial charge in [0.05, 0.1) is 11.1 Å². The highest BCUT2D eigenvalue weighted by Crippen LogP contribution is 2.45. The lowest BCUT2D eigenvalue weighted by molar-refractivity contribution is 0.130. The molecule has 0 radical (unpaired) electrons. The maximum absolute atomic E-state index is 14.1. The Morgan fingerprint density at radius 2 is 2.00 bits per heavy atom. The Morgan fingerprint density at radius 3 is 2.74 bits per heavy atom. The van der Waals surface area contributed by atoms with Crippen LogP contribution in [0.5, 0.6) is 0 Å². The summed E-state index contributed by atoms with van der Waals surface area (Å²) < 4.78 is 14.6. The Bertz CT molecular complexity index is 644. The predicted molar refractivity (Wildman–Crippen MR) is 77.0 cm³/mol. The summed E-state index contributed by atoms with van der Waals surface area (Å²) >= 11 is 9.03. The molecule has 1 aliphatic carbocycles. The van der Waals surface area contributed by atoms with Gasteiger partial charge >= 0.3 is 0 Å². The third-order valence-corrected chi connectivity index (χ3v) is 4.92. The van der Waals surface area contributed by atoms with Crippen molar-refractivity contribution in [2.75, 3.05) is 0 Å². The van der Waals surface area contributed by atoms with Gasteiger partial charge in [-0.25, -0.2) is 4.39 Å². The predicted octanol–water partition coefficient (Wildman–Crippen LogP) is 4.61. The fourth-order valence-corrected chi connectivity index (χ4v) is 3.04.